The van der Waals surface area contributed by atoms with Crippen molar-refractivity contribution in [1.29, 1.82) is 0 Å². The second kappa shape index (κ2) is 7.01. The van der Waals surface area contributed by atoms with Crippen LogP contribution in [0.4, 0.5) is 13.2 Å². The molecule has 0 aromatic rings. The fourth-order valence-corrected chi connectivity index (χ4v) is 4.15. The first-order chi connectivity index (χ1) is 9.85. The van der Waals surface area contributed by atoms with E-state index in [0.29, 0.717) is 11.8 Å². The van der Waals surface area contributed by atoms with Crippen molar-refractivity contribution in [2.45, 2.75) is 70.4 Å². The first-order valence-corrected chi connectivity index (χ1v) is 8.14. The first-order valence-electron chi connectivity index (χ1n) is 8.14. The SMILES string of the molecule is O=C(O)C1CCC(C2CCC(CCC(F)(F)F)CC2)CC1. The summed E-state index contributed by atoms with van der Waals surface area (Å²) in [4.78, 5) is 10.9. The van der Waals surface area contributed by atoms with Gasteiger partial charge in [0.25, 0.3) is 0 Å². The van der Waals surface area contributed by atoms with Gasteiger partial charge in [-0.3, -0.25) is 4.79 Å². The Morgan fingerprint density at radius 2 is 1.38 bits per heavy atom. The average Bonchev–Trinajstić information content (AvgIpc) is 2.45. The van der Waals surface area contributed by atoms with Gasteiger partial charge in [0.15, 0.2) is 0 Å². The van der Waals surface area contributed by atoms with Gasteiger partial charge in [0, 0.05) is 6.42 Å². The Morgan fingerprint density at radius 3 is 1.81 bits per heavy atom. The Bertz CT molecular complexity index is 338. The molecule has 0 unspecified atom stereocenters. The van der Waals surface area contributed by atoms with Crippen LogP contribution in [0.25, 0.3) is 0 Å². The molecule has 2 rings (SSSR count). The van der Waals surface area contributed by atoms with Crippen LogP contribution in [-0.2, 0) is 4.79 Å². The third-order valence-corrected chi connectivity index (χ3v) is 5.52. The van der Waals surface area contributed by atoms with Crippen molar-refractivity contribution in [3.05, 3.63) is 0 Å². The molecule has 2 nitrogen and oxygen atoms in total. The van der Waals surface area contributed by atoms with Crippen LogP contribution in [0.15, 0.2) is 0 Å². The Morgan fingerprint density at radius 1 is 0.905 bits per heavy atom. The zero-order valence-electron chi connectivity index (χ0n) is 12.4. The van der Waals surface area contributed by atoms with E-state index in [2.05, 4.69) is 0 Å². The summed E-state index contributed by atoms with van der Waals surface area (Å²) >= 11 is 0. The fraction of sp³-hybridized carbons (Fsp3) is 0.938. The predicted molar refractivity (Wildman–Crippen MR) is 73.8 cm³/mol. The summed E-state index contributed by atoms with van der Waals surface area (Å²) in [6.45, 7) is 0. The smallest absolute Gasteiger partial charge is 0.389 e. The molecule has 0 aromatic heterocycles. The zero-order valence-corrected chi connectivity index (χ0v) is 12.4. The molecule has 0 heterocycles. The summed E-state index contributed by atoms with van der Waals surface area (Å²) in [5.41, 5.74) is 0. The number of halogens is 3. The average molecular weight is 306 g/mol. The van der Waals surface area contributed by atoms with Crippen LogP contribution in [0.2, 0.25) is 0 Å². The van der Waals surface area contributed by atoms with Crippen LogP contribution in [-0.4, -0.2) is 17.3 Å². The molecule has 0 amide bonds. The molecule has 5 heteroatoms. The van der Waals surface area contributed by atoms with E-state index in [1.165, 1.54) is 0 Å². The minimum Gasteiger partial charge on any atom is -0.481 e. The maximum Gasteiger partial charge on any atom is 0.389 e. The lowest BCUT2D eigenvalue weighted by Crippen LogP contribution is -2.28. The molecule has 0 spiro atoms. The van der Waals surface area contributed by atoms with Gasteiger partial charge in [-0.1, -0.05) is 12.8 Å². The molecule has 21 heavy (non-hydrogen) atoms. The number of rotatable bonds is 4. The van der Waals surface area contributed by atoms with Gasteiger partial charge in [0.2, 0.25) is 0 Å². The van der Waals surface area contributed by atoms with E-state index in [-0.39, 0.29) is 18.3 Å². The van der Waals surface area contributed by atoms with E-state index in [1.54, 1.807) is 0 Å². The maximum atomic E-state index is 12.2. The molecule has 2 aliphatic rings. The molecular weight excluding hydrogens is 281 g/mol. The standard InChI is InChI=1S/C16H25F3O2/c17-16(18,19)10-9-11-1-3-12(4-2-11)13-5-7-14(8-6-13)15(20)21/h11-14H,1-10H2,(H,20,21). The lowest BCUT2D eigenvalue weighted by atomic mass is 9.69. The van der Waals surface area contributed by atoms with Gasteiger partial charge in [0.05, 0.1) is 5.92 Å². The van der Waals surface area contributed by atoms with Crippen molar-refractivity contribution in [3.63, 3.8) is 0 Å². The van der Waals surface area contributed by atoms with Crippen molar-refractivity contribution in [3.8, 4) is 0 Å². The van der Waals surface area contributed by atoms with E-state index in [0.717, 1.165) is 51.4 Å². The molecule has 0 aliphatic heterocycles. The number of carboxylic acid groups (broad SMARTS) is 1. The van der Waals surface area contributed by atoms with Gasteiger partial charge >= 0.3 is 12.1 Å². The van der Waals surface area contributed by atoms with Gasteiger partial charge in [-0.15, -0.1) is 0 Å². The van der Waals surface area contributed by atoms with Crippen LogP contribution in [0, 0.1) is 23.7 Å². The largest absolute Gasteiger partial charge is 0.481 e. The van der Waals surface area contributed by atoms with Gasteiger partial charge in [-0.2, -0.15) is 13.2 Å². The molecule has 0 radical (unpaired) electrons. The first kappa shape index (κ1) is 16.6. The highest BCUT2D eigenvalue weighted by Crippen LogP contribution is 2.42. The Kier molecular flexibility index (Phi) is 5.55. The molecule has 0 saturated heterocycles. The molecule has 122 valence electrons. The van der Waals surface area contributed by atoms with Crippen LogP contribution in [0.3, 0.4) is 0 Å². The molecule has 2 aliphatic carbocycles. The van der Waals surface area contributed by atoms with Crippen molar-refractivity contribution < 1.29 is 23.1 Å². The highest BCUT2D eigenvalue weighted by molar-refractivity contribution is 5.69. The van der Waals surface area contributed by atoms with Crippen LogP contribution < -0.4 is 0 Å². The molecule has 0 bridgehead atoms. The van der Waals surface area contributed by atoms with Crippen molar-refractivity contribution in [1.82, 2.24) is 0 Å². The predicted octanol–water partition coefficient (Wildman–Crippen LogP) is 5.03. The monoisotopic (exact) mass is 306 g/mol. The molecule has 0 atom stereocenters. The number of hydrogen-bond acceptors (Lipinski definition) is 1. The van der Waals surface area contributed by atoms with Crippen LogP contribution in [0.1, 0.15) is 64.2 Å². The molecule has 0 aromatic carbocycles. The quantitative estimate of drug-likeness (QED) is 0.791. The topological polar surface area (TPSA) is 37.3 Å². The van der Waals surface area contributed by atoms with Gasteiger partial charge in [-0.25, -0.2) is 0 Å². The van der Waals surface area contributed by atoms with Crippen molar-refractivity contribution >= 4 is 5.97 Å². The van der Waals surface area contributed by atoms with Crippen molar-refractivity contribution in [2.75, 3.05) is 0 Å². The normalized spacial score (nSPS) is 34.6. The molecular formula is C16H25F3O2. The van der Waals surface area contributed by atoms with E-state index < -0.39 is 18.6 Å². The number of carboxylic acids is 1. The summed E-state index contributed by atoms with van der Waals surface area (Å²) in [6.07, 6.45) is 3.01. The second-order valence-electron chi connectivity index (χ2n) is 6.88. The summed E-state index contributed by atoms with van der Waals surface area (Å²) in [7, 11) is 0. The minimum absolute atomic E-state index is 0.177. The number of aliphatic carboxylic acids is 1. The summed E-state index contributed by atoms with van der Waals surface area (Å²) in [5, 5.41) is 9.00. The number of carbonyl (C=O) groups is 1. The molecule has 2 saturated carbocycles. The van der Waals surface area contributed by atoms with E-state index in [9.17, 15) is 18.0 Å². The van der Waals surface area contributed by atoms with E-state index >= 15 is 0 Å². The van der Waals surface area contributed by atoms with Gasteiger partial charge in [-0.05, 0) is 62.7 Å². The molecule has 1 N–H and O–H groups in total. The Labute approximate surface area is 124 Å². The highest BCUT2D eigenvalue weighted by Gasteiger charge is 2.34. The van der Waals surface area contributed by atoms with Gasteiger partial charge < -0.3 is 5.11 Å². The molecule has 2 fully saturated rings. The van der Waals surface area contributed by atoms with Crippen molar-refractivity contribution in [2.24, 2.45) is 23.7 Å². The third kappa shape index (κ3) is 5.19. The van der Waals surface area contributed by atoms with Crippen LogP contribution in [0.5, 0.6) is 0 Å². The van der Waals surface area contributed by atoms with Gasteiger partial charge in [0.1, 0.15) is 0 Å². The fourth-order valence-electron chi connectivity index (χ4n) is 4.15. The summed E-state index contributed by atoms with van der Waals surface area (Å²) in [6, 6.07) is 0. The van der Waals surface area contributed by atoms with E-state index in [1.807, 2.05) is 0 Å². The Hall–Kier alpha value is -0.740. The summed E-state index contributed by atoms with van der Waals surface area (Å²) in [5.74, 6) is 0.595. The number of alkyl halides is 3. The zero-order chi connectivity index (χ0) is 15.5. The van der Waals surface area contributed by atoms with Crippen LogP contribution >= 0.6 is 0 Å². The number of hydrogen-bond donors (Lipinski definition) is 1. The summed E-state index contributed by atoms with van der Waals surface area (Å²) < 4.78 is 36.7. The lowest BCUT2D eigenvalue weighted by molar-refractivity contribution is -0.143. The lowest BCUT2D eigenvalue weighted by Gasteiger charge is -2.37. The highest BCUT2D eigenvalue weighted by atomic mass is 19.4. The van der Waals surface area contributed by atoms with E-state index in [4.69, 9.17) is 5.11 Å². The second-order valence-corrected chi connectivity index (χ2v) is 6.88. The Balaban J connectivity index is 1.69. The third-order valence-electron chi connectivity index (χ3n) is 5.52. The maximum absolute atomic E-state index is 12.2. The minimum atomic E-state index is -4.02.